The van der Waals surface area contributed by atoms with Gasteiger partial charge < -0.3 is 9.47 Å². The zero-order valence-electron chi connectivity index (χ0n) is 13.9. The van der Waals surface area contributed by atoms with Crippen LogP contribution in [-0.2, 0) is 19.1 Å². The van der Waals surface area contributed by atoms with E-state index in [1.54, 1.807) is 0 Å². The summed E-state index contributed by atoms with van der Waals surface area (Å²) in [6.07, 6.45) is 11.0. The van der Waals surface area contributed by atoms with Gasteiger partial charge in [0.2, 0.25) is 0 Å². The molecule has 0 N–H and O–H groups in total. The number of carbonyl (C=O) groups excluding carboxylic acids is 2. The monoisotopic (exact) mass is 312 g/mol. The summed E-state index contributed by atoms with van der Waals surface area (Å²) >= 11 is 0. The van der Waals surface area contributed by atoms with Crippen LogP contribution in [0.4, 0.5) is 0 Å². The van der Waals surface area contributed by atoms with Gasteiger partial charge in [0.15, 0.2) is 0 Å². The Hall–Kier alpha value is -0.740. The maximum absolute atomic E-state index is 11.7. The Balaban J connectivity index is 2.17. The van der Waals surface area contributed by atoms with Crippen LogP contribution < -0.4 is 0 Å². The van der Waals surface area contributed by atoms with E-state index in [2.05, 4.69) is 0 Å². The molecule has 0 unspecified atom stereocenters. The minimum absolute atomic E-state index is 0.361. The number of ketones is 2. The summed E-state index contributed by atoms with van der Waals surface area (Å²) in [6.45, 7) is 2.41. The molecule has 1 fully saturated rings. The minimum atomic E-state index is 0.361. The first-order chi connectivity index (χ1) is 10.8. The highest BCUT2D eigenvalue weighted by atomic mass is 16.5. The van der Waals surface area contributed by atoms with E-state index in [0.717, 1.165) is 38.5 Å². The molecule has 0 amide bonds. The van der Waals surface area contributed by atoms with Gasteiger partial charge in [-0.3, -0.25) is 9.59 Å². The van der Waals surface area contributed by atoms with Crippen LogP contribution in [0.5, 0.6) is 0 Å². The molecule has 128 valence electrons. The quantitative estimate of drug-likeness (QED) is 0.681. The van der Waals surface area contributed by atoms with Gasteiger partial charge in [-0.25, -0.2) is 0 Å². The summed E-state index contributed by atoms with van der Waals surface area (Å²) in [5.41, 5.74) is 0. The van der Waals surface area contributed by atoms with Crippen molar-refractivity contribution >= 4 is 11.6 Å². The van der Waals surface area contributed by atoms with E-state index in [-0.39, 0.29) is 0 Å². The molecule has 0 saturated carbocycles. The molecule has 0 spiro atoms. The van der Waals surface area contributed by atoms with E-state index in [1.165, 1.54) is 12.8 Å². The van der Waals surface area contributed by atoms with Gasteiger partial charge in [0, 0.05) is 38.9 Å². The third-order valence-corrected chi connectivity index (χ3v) is 4.02. The normalized spacial score (nSPS) is 23.1. The predicted molar refractivity (Wildman–Crippen MR) is 87.1 cm³/mol. The molecule has 0 atom stereocenters. The fraction of sp³-hybridized carbons (Fsp3) is 0.889. The summed E-state index contributed by atoms with van der Waals surface area (Å²) in [4.78, 5) is 23.4. The Morgan fingerprint density at radius 3 is 1.27 bits per heavy atom. The first-order valence-corrected chi connectivity index (χ1v) is 8.98. The third-order valence-electron chi connectivity index (χ3n) is 4.02. The molecule has 0 radical (unpaired) electrons. The van der Waals surface area contributed by atoms with Crippen molar-refractivity contribution in [1.29, 1.82) is 0 Å². The van der Waals surface area contributed by atoms with Gasteiger partial charge in [0.25, 0.3) is 0 Å². The molecule has 0 aromatic heterocycles. The van der Waals surface area contributed by atoms with Crippen LogP contribution in [0.1, 0.15) is 77.0 Å². The minimum Gasteiger partial charge on any atom is -0.379 e. The van der Waals surface area contributed by atoms with Gasteiger partial charge in [-0.2, -0.15) is 0 Å². The van der Waals surface area contributed by atoms with Crippen molar-refractivity contribution in [1.82, 2.24) is 0 Å². The topological polar surface area (TPSA) is 52.6 Å². The zero-order valence-corrected chi connectivity index (χ0v) is 13.9. The Morgan fingerprint density at radius 2 is 0.818 bits per heavy atom. The Bertz CT molecular complexity index is 271. The van der Waals surface area contributed by atoms with Crippen LogP contribution >= 0.6 is 0 Å². The highest BCUT2D eigenvalue weighted by molar-refractivity contribution is 5.78. The number of Topliss-reactive ketones (excluding diaryl/α,β-unsaturated/α-hetero) is 2. The van der Waals surface area contributed by atoms with Gasteiger partial charge in [-0.15, -0.1) is 0 Å². The zero-order chi connectivity index (χ0) is 15.9. The number of carbonyl (C=O) groups is 2. The van der Waals surface area contributed by atoms with Crippen molar-refractivity contribution in [2.75, 3.05) is 26.4 Å². The molecule has 4 nitrogen and oxygen atoms in total. The molecule has 1 saturated heterocycles. The van der Waals surface area contributed by atoms with Crippen molar-refractivity contribution in [2.24, 2.45) is 0 Å². The summed E-state index contributed by atoms with van der Waals surface area (Å²) in [7, 11) is 0. The number of hydrogen-bond donors (Lipinski definition) is 0. The molecule has 0 bridgehead atoms. The summed E-state index contributed by atoms with van der Waals surface area (Å²) in [5, 5.41) is 0. The van der Waals surface area contributed by atoms with Crippen molar-refractivity contribution < 1.29 is 19.1 Å². The van der Waals surface area contributed by atoms with Crippen LogP contribution in [0.3, 0.4) is 0 Å². The Labute approximate surface area is 134 Å². The smallest absolute Gasteiger partial charge is 0.132 e. The number of rotatable bonds is 0. The van der Waals surface area contributed by atoms with Crippen molar-refractivity contribution in [3.05, 3.63) is 0 Å². The molecular weight excluding hydrogens is 280 g/mol. The van der Waals surface area contributed by atoms with E-state index in [9.17, 15) is 9.59 Å². The maximum Gasteiger partial charge on any atom is 0.132 e. The lowest BCUT2D eigenvalue weighted by molar-refractivity contribution is -0.120. The summed E-state index contributed by atoms with van der Waals surface area (Å²) in [5.74, 6) is 0.722. The van der Waals surface area contributed by atoms with E-state index in [1.807, 2.05) is 0 Å². The van der Waals surface area contributed by atoms with Crippen LogP contribution in [-0.4, -0.2) is 38.0 Å². The maximum atomic E-state index is 11.7. The molecule has 4 heteroatoms. The van der Waals surface area contributed by atoms with Gasteiger partial charge in [0.05, 0.1) is 13.2 Å². The third kappa shape index (κ3) is 11.9. The molecule has 1 heterocycles. The second-order valence-corrected chi connectivity index (χ2v) is 6.13. The summed E-state index contributed by atoms with van der Waals surface area (Å²) < 4.78 is 10.9. The van der Waals surface area contributed by atoms with Crippen molar-refractivity contribution in [2.45, 2.75) is 77.0 Å². The van der Waals surface area contributed by atoms with E-state index >= 15 is 0 Å². The fourth-order valence-corrected chi connectivity index (χ4v) is 2.67. The Morgan fingerprint density at radius 1 is 0.455 bits per heavy atom. The molecule has 1 aliphatic heterocycles. The second kappa shape index (κ2) is 13.9. The van der Waals surface area contributed by atoms with Gasteiger partial charge in [-0.05, 0) is 25.7 Å². The van der Waals surface area contributed by atoms with E-state index in [0.29, 0.717) is 63.7 Å². The molecule has 0 aromatic rings. The van der Waals surface area contributed by atoms with Gasteiger partial charge in [-0.1, -0.05) is 25.7 Å². The second-order valence-electron chi connectivity index (χ2n) is 6.13. The van der Waals surface area contributed by atoms with E-state index < -0.39 is 0 Å². The summed E-state index contributed by atoms with van der Waals surface area (Å²) in [6, 6.07) is 0. The van der Waals surface area contributed by atoms with Crippen molar-refractivity contribution in [3.8, 4) is 0 Å². The van der Waals surface area contributed by atoms with Gasteiger partial charge in [0.1, 0.15) is 11.6 Å². The molecule has 0 aromatic carbocycles. The highest BCUT2D eigenvalue weighted by Crippen LogP contribution is 2.11. The van der Waals surface area contributed by atoms with Gasteiger partial charge >= 0.3 is 0 Å². The van der Waals surface area contributed by atoms with Crippen molar-refractivity contribution in [3.63, 3.8) is 0 Å². The molecule has 1 rings (SSSR count). The average molecular weight is 312 g/mol. The van der Waals surface area contributed by atoms with Crippen LogP contribution in [0.25, 0.3) is 0 Å². The number of ether oxygens (including phenoxy) is 2. The first kappa shape index (κ1) is 19.3. The standard InChI is InChI=1S/C18H32O4/c19-17-9-5-3-1-2-4-6-10-18(20)12-8-14-22-16-15-21-13-7-11-17/h1-16H2. The molecule has 1 aliphatic rings. The molecular formula is C18H32O4. The van der Waals surface area contributed by atoms with E-state index in [4.69, 9.17) is 9.47 Å². The molecule has 22 heavy (non-hydrogen) atoms. The lowest BCUT2D eigenvalue weighted by Crippen LogP contribution is -2.08. The lowest BCUT2D eigenvalue weighted by atomic mass is 10.0. The highest BCUT2D eigenvalue weighted by Gasteiger charge is 2.04. The largest absolute Gasteiger partial charge is 0.379 e. The lowest BCUT2D eigenvalue weighted by Gasteiger charge is -2.07. The predicted octanol–water partition coefficient (Wildman–Crippen LogP) is 3.85. The average Bonchev–Trinajstić information content (AvgIpc) is 2.50. The van der Waals surface area contributed by atoms with Crippen LogP contribution in [0.2, 0.25) is 0 Å². The number of hydrogen-bond acceptors (Lipinski definition) is 4. The fourth-order valence-electron chi connectivity index (χ4n) is 2.67. The van der Waals surface area contributed by atoms with Crippen LogP contribution in [0.15, 0.2) is 0 Å². The first-order valence-electron chi connectivity index (χ1n) is 8.98. The van der Waals surface area contributed by atoms with Crippen LogP contribution in [0, 0.1) is 0 Å². The Kier molecular flexibility index (Phi) is 12.2. The SMILES string of the molecule is O=C1CCCCCCCCC(=O)CCCOCCOCCC1. The molecule has 0 aliphatic carbocycles.